The molecule has 0 unspecified atom stereocenters. The van der Waals surface area contributed by atoms with Gasteiger partial charge in [-0.05, 0) is 152 Å². The molecule has 0 fully saturated rings. The molecule has 96 heavy (non-hydrogen) atoms. The van der Waals surface area contributed by atoms with Crippen molar-refractivity contribution in [1.82, 2.24) is 0 Å². The summed E-state index contributed by atoms with van der Waals surface area (Å²) in [5, 5.41) is 0. The SMILES string of the molecule is CCCOCCOCC(COCCOCC)(COCCOCCC)COCC(COCCOCCC)(COCCOCCC)COCC(COCCOCCC)(COCCOCCC)COCCOCCC.CSC.CSC.CSC.CSC.CSC.CSC.CSC.CSC. The maximum absolute atomic E-state index is 6.90. The molecule has 26 heteroatoms. The summed E-state index contributed by atoms with van der Waals surface area (Å²) in [7, 11) is 0. The topological polar surface area (TPSA) is 166 Å². The van der Waals surface area contributed by atoms with Crippen LogP contribution in [-0.4, -0.2) is 338 Å². The zero-order valence-corrected chi connectivity index (χ0v) is 73.1. The minimum atomic E-state index is -0.787. The predicted molar refractivity (Wildman–Crippen MR) is 435 cm³/mol. The van der Waals surface area contributed by atoms with Crippen molar-refractivity contribution in [3.05, 3.63) is 0 Å². The second-order valence-electron chi connectivity index (χ2n) is 21.7. The standard InChI is InChI=1S/C54H110O18.8C2H6S/c1-9-17-56-25-33-64-41-52(40-63-32-24-55-16-8,42-65-34-26-57-18-10-2)48-71-50-54(46-69-38-30-61-22-14-6,47-70-39-31-62-23-15-7)51-72-49-53(43-66-35-27-58-19-11-3,44-67-36-28-59-20-12-4)45-68-37-29-60-21-13-5;8*1-3-2/h9-51H2,1-8H3;8*1-2H3. The lowest BCUT2D eigenvalue weighted by molar-refractivity contribution is -0.162. The van der Waals surface area contributed by atoms with Crippen LogP contribution in [0.1, 0.15) is 100 Å². The molecule has 0 amide bonds. The van der Waals surface area contributed by atoms with Gasteiger partial charge >= 0.3 is 0 Å². The first kappa shape index (κ1) is 116. The summed E-state index contributed by atoms with van der Waals surface area (Å²) in [5.41, 5.74) is -2.17. The molecule has 0 N–H and O–H groups in total. The molecule has 0 radical (unpaired) electrons. The summed E-state index contributed by atoms with van der Waals surface area (Å²) in [6.07, 6.45) is 39.2. The van der Waals surface area contributed by atoms with Gasteiger partial charge in [-0.15, -0.1) is 0 Å². The van der Waals surface area contributed by atoms with E-state index in [0.29, 0.717) is 198 Å². The van der Waals surface area contributed by atoms with E-state index in [1.54, 1.807) is 94.1 Å². The van der Waals surface area contributed by atoms with Crippen molar-refractivity contribution in [2.24, 2.45) is 16.2 Å². The van der Waals surface area contributed by atoms with E-state index in [1.807, 2.05) is 107 Å². The van der Waals surface area contributed by atoms with Crippen molar-refractivity contribution >= 4 is 94.1 Å². The minimum Gasteiger partial charge on any atom is -0.380 e. The summed E-state index contributed by atoms with van der Waals surface area (Å²) in [4.78, 5) is 0. The van der Waals surface area contributed by atoms with Crippen LogP contribution in [0.2, 0.25) is 0 Å². The Morgan fingerprint density at radius 1 is 0.146 bits per heavy atom. The Kier molecular flexibility index (Phi) is 137. The molecule has 0 atom stereocenters. The van der Waals surface area contributed by atoms with E-state index >= 15 is 0 Å². The molecular weight excluding hydrogens is 1390 g/mol. The van der Waals surface area contributed by atoms with Gasteiger partial charge in [0.25, 0.3) is 0 Å². The number of hydrogen-bond donors (Lipinski definition) is 0. The maximum Gasteiger partial charge on any atom is 0.0700 e. The highest BCUT2D eigenvalue weighted by Crippen LogP contribution is 2.28. The molecule has 0 aromatic carbocycles. The van der Waals surface area contributed by atoms with Gasteiger partial charge in [0.05, 0.1) is 201 Å². The van der Waals surface area contributed by atoms with Gasteiger partial charge in [-0.1, -0.05) is 48.5 Å². The number of rotatable bonds is 63. The van der Waals surface area contributed by atoms with Crippen LogP contribution in [0.3, 0.4) is 0 Å². The third kappa shape index (κ3) is 109. The molecule has 0 rings (SSSR count). The highest BCUT2D eigenvalue weighted by Gasteiger charge is 2.39. The predicted octanol–water partition coefficient (Wildman–Crippen LogP) is 15.0. The lowest BCUT2D eigenvalue weighted by atomic mass is 9.89. The van der Waals surface area contributed by atoms with E-state index in [-0.39, 0.29) is 39.6 Å². The molecule has 0 saturated heterocycles. The van der Waals surface area contributed by atoms with E-state index in [1.165, 1.54) is 0 Å². The zero-order valence-electron chi connectivity index (χ0n) is 66.5. The van der Waals surface area contributed by atoms with Gasteiger partial charge in [0, 0.05) is 52.9 Å². The quantitative estimate of drug-likeness (QED) is 0.0527. The van der Waals surface area contributed by atoms with Gasteiger partial charge in [-0.25, -0.2) is 0 Å². The Bertz CT molecular complexity index is 1120. The van der Waals surface area contributed by atoms with Gasteiger partial charge in [0.2, 0.25) is 0 Å². The number of ether oxygens (including phenoxy) is 18. The molecule has 0 aromatic heterocycles. The summed E-state index contributed by atoms with van der Waals surface area (Å²) in [5.74, 6) is 0. The van der Waals surface area contributed by atoms with E-state index in [0.717, 1.165) is 44.9 Å². The molecule has 18 nitrogen and oxygen atoms in total. The lowest BCUT2D eigenvalue weighted by Crippen LogP contribution is -2.48. The van der Waals surface area contributed by atoms with Crippen LogP contribution in [-0.2, 0) is 85.3 Å². The molecule has 0 saturated carbocycles. The van der Waals surface area contributed by atoms with Crippen LogP contribution in [0.25, 0.3) is 0 Å². The van der Waals surface area contributed by atoms with E-state index < -0.39 is 16.2 Å². The fraction of sp³-hybridized carbons (Fsp3) is 1.00. The smallest absolute Gasteiger partial charge is 0.0700 e. The molecule has 0 heterocycles. The molecule has 0 aliphatic rings. The van der Waals surface area contributed by atoms with Crippen LogP contribution in [0.4, 0.5) is 0 Å². The Morgan fingerprint density at radius 3 is 0.365 bits per heavy atom. The molecular formula is C70H158O18S8. The van der Waals surface area contributed by atoms with E-state index in [9.17, 15) is 0 Å². The average molecular weight is 1540 g/mol. The Morgan fingerprint density at radius 2 is 0.250 bits per heavy atom. The Labute approximate surface area is 629 Å². The van der Waals surface area contributed by atoms with Crippen molar-refractivity contribution in [1.29, 1.82) is 0 Å². The number of hydrogen-bond acceptors (Lipinski definition) is 26. The van der Waals surface area contributed by atoms with Crippen LogP contribution in [0, 0.1) is 16.2 Å². The van der Waals surface area contributed by atoms with Crippen molar-refractivity contribution in [3.8, 4) is 0 Å². The van der Waals surface area contributed by atoms with Gasteiger partial charge in [-0.2, -0.15) is 94.1 Å². The zero-order chi connectivity index (χ0) is 74.3. The minimum absolute atomic E-state index is 0.216. The van der Waals surface area contributed by atoms with Gasteiger partial charge in [0.1, 0.15) is 0 Å². The normalized spacial score (nSPS) is 10.9. The summed E-state index contributed by atoms with van der Waals surface area (Å²) < 4.78 is 111. The maximum atomic E-state index is 6.90. The molecule has 0 aliphatic carbocycles. The Hall–Kier alpha value is 2.08. The summed E-state index contributed by atoms with van der Waals surface area (Å²) >= 11 is 14.0. The van der Waals surface area contributed by atoms with Gasteiger partial charge in [0.15, 0.2) is 0 Å². The van der Waals surface area contributed by atoms with Gasteiger partial charge < -0.3 is 85.3 Å². The first-order chi connectivity index (χ1) is 46.7. The molecule has 0 aliphatic heterocycles. The highest BCUT2D eigenvalue weighted by molar-refractivity contribution is 7.99. The van der Waals surface area contributed by atoms with Gasteiger partial charge in [-0.3, -0.25) is 0 Å². The second-order valence-corrected chi connectivity index (χ2v) is 28.2. The molecule has 0 aromatic rings. The molecule has 0 bridgehead atoms. The van der Waals surface area contributed by atoms with Crippen LogP contribution < -0.4 is 0 Å². The van der Waals surface area contributed by atoms with Crippen LogP contribution in [0.15, 0.2) is 0 Å². The van der Waals surface area contributed by atoms with Crippen LogP contribution in [0.5, 0.6) is 0 Å². The third-order valence-corrected chi connectivity index (χ3v) is 10.5. The van der Waals surface area contributed by atoms with E-state index in [4.69, 9.17) is 85.3 Å². The number of thioether (sulfide) groups is 8. The van der Waals surface area contributed by atoms with Crippen molar-refractivity contribution in [2.45, 2.75) is 100 Å². The van der Waals surface area contributed by atoms with E-state index in [2.05, 4.69) is 48.5 Å². The third-order valence-electron chi connectivity index (χ3n) is 10.5. The first-order valence-electron chi connectivity index (χ1n) is 34.3. The summed E-state index contributed by atoms with van der Waals surface area (Å²) in [6, 6.07) is 0. The van der Waals surface area contributed by atoms with Crippen molar-refractivity contribution in [2.75, 3.05) is 338 Å². The Balaban J connectivity index is -0.000000389. The largest absolute Gasteiger partial charge is 0.380 e. The highest BCUT2D eigenvalue weighted by atomic mass is 32.2. The fourth-order valence-corrected chi connectivity index (χ4v) is 6.84. The second kappa shape index (κ2) is 113. The molecule has 594 valence electrons. The average Bonchev–Trinajstić information content (AvgIpc) is 0.862. The van der Waals surface area contributed by atoms with Crippen molar-refractivity contribution < 1.29 is 85.3 Å². The molecule has 0 spiro atoms. The lowest BCUT2D eigenvalue weighted by Gasteiger charge is -2.38. The monoisotopic (exact) mass is 1540 g/mol. The van der Waals surface area contributed by atoms with Crippen molar-refractivity contribution in [3.63, 3.8) is 0 Å². The first-order valence-corrected chi connectivity index (χ1v) is 47.4. The van der Waals surface area contributed by atoms with Crippen LogP contribution >= 0.6 is 94.1 Å². The fourth-order valence-electron chi connectivity index (χ4n) is 6.84. The summed E-state index contributed by atoms with van der Waals surface area (Å²) in [6.45, 7) is 32.3.